The van der Waals surface area contributed by atoms with Crippen LogP contribution in [0, 0.1) is 0 Å². The molecule has 0 saturated carbocycles. The molecule has 0 N–H and O–H groups in total. The Balaban J connectivity index is -0.000000282. The van der Waals surface area contributed by atoms with E-state index < -0.39 is 0 Å². The Morgan fingerprint density at radius 1 is 0.706 bits per heavy atom. The molecule has 4 heteroatoms. The normalized spacial score (nSPS) is 10.9. The summed E-state index contributed by atoms with van der Waals surface area (Å²) in [7, 11) is 6.83. The highest BCUT2D eigenvalue weighted by molar-refractivity contribution is 4.40. The lowest BCUT2D eigenvalue weighted by Gasteiger charge is -2.36. The van der Waals surface area contributed by atoms with E-state index in [-0.39, 0.29) is 41.4 Å². The Morgan fingerprint density at radius 2 is 1.06 bits per heavy atom. The first-order valence-corrected chi connectivity index (χ1v) is 6.04. The van der Waals surface area contributed by atoms with Crippen molar-refractivity contribution in [2.75, 3.05) is 53.9 Å². The van der Waals surface area contributed by atoms with Crippen LogP contribution in [-0.2, 0) is 0 Å². The molecule has 0 rings (SSSR count). The van der Waals surface area contributed by atoms with Crippen molar-refractivity contribution in [3.8, 4) is 0 Å². The minimum absolute atomic E-state index is 0. The zero-order chi connectivity index (χ0) is 11.2. The summed E-state index contributed by atoms with van der Waals surface area (Å²) in [5.41, 5.74) is 0. The van der Waals surface area contributed by atoms with Crippen LogP contribution in [-0.4, -0.2) is 62.8 Å². The Hall–Kier alpha value is 0.880. The molecular formula is C13H34Br2N2. The van der Waals surface area contributed by atoms with Gasteiger partial charge in [-0.15, -0.1) is 0 Å². The largest absolute Gasteiger partial charge is 1.00 e. The molecule has 2 nitrogen and oxygen atoms in total. The average Bonchev–Trinajstić information content (AvgIpc) is 2.11. The maximum absolute atomic E-state index is 2.32. The molecule has 0 aliphatic rings. The molecule has 0 heterocycles. The molecule has 0 aromatic heterocycles. The van der Waals surface area contributed by atoms with Crippen molar-refractivity contribution in [1.29, 1.82) is 0 Å². The molecule has 0 aliphatic carbocycles. The van der Waals surface area contributed by atoms with E-state index in [0.717, 1.165) is 4.48 Å². The Labute approximate surface area is 131 Å². The number of hydrogen-bond acceptors (Lipinski definition) is 0. The molecule has 0 unspecified atom stereocenters. The van der Waals surface area contributed by atoms with Gasteiger partial charge in [0, 0.05) is 6.42 Å². The van der Waals surface area contributed by atoms with Gasteiger partial charge in [0.05, 0.1) is 53.9 Å². The first-order valence-electron chi connectivity index (χ1n) is 6.04. The van der Waals surface area contributed by atoms with Gasteiger partial charge in [0.15, 0.2) is 0 Å². The van der Waals surface area contributed by atoms with Crippen LogP contribution in [0.2, 0.25) is 0 Å². The first-order chi connectivity index (χ1) is 6.39. The van der Waals surface area contributed by atoms with Crippen molar-refractivity contribution in [1.82, 2.24) is 0 Å². The van der Waals surface area contributed by atoms with E-state index >= 15 is 0 Å². The molecule has 0 radical (unpaired) electrons. The number of rotatable bonds is 7. The van der Waals surface area contributed by atoms with E-state index in [4.69, 9.17) is 0 Å². The summed E-state index contributed by atoms with van der Waals surface area (Å²) >= 11 is 0. The van der Waals surface area contributed by atoms with Crippen molar-refractivity contribution in [2.24, 2.45) is 0 Å². The quantitative estimate of drug-likeness (QED) is 0.406. The topological polar surface area (TPSA) is 0 Å². The third kappa shape index (κ3) is 11.7. The van der Waals surface area contributed by atoms with E-state index in [1.165, 1.54) is 43.6 Å². The zero-order valence-electron chi connectivity index (χ0n) is 11.9. The van der Waals surface area contributed by atoms with E-state index in [2.05, 4.69) is 41.9 Å². The van der Waals surface area contributed by atoms with Crippen LogP contribution in [0.15, 0.2) is 0 Å². The minimum atomic E-state index is 0. The Morgan fingerprint density at radius 3 is 1.29 bits per heavy atom. The van der Waals surface area contributed by atoms with Gasteiger partial charge in [0.1, 0.15) is 0 Å². The van der Waals surface area contributed by atoms with Gasteiger partial charge in [-0.2, -0.15) is 0 Å². The van der Waals surface area contributed by atoms with Crippen LogP contribution in [0.1, 0.15) is 34.6 Å². The molecule has 0 amide bonds. The van der Waals surface area contributed by atoms with Gasteiger partial charge in [-0.05, 0) is 20.8 Å². The van der Waals surface area contributed by atoms with Gasteiger partial charge >= 0.3 is 0 Å². The summed E-state index contributed by atoms with van der Waals surface area (Å²) in [6, 6.07) is 0. The summed E-state index contributed by atoms with van der Waals surface area (Å²) in [5, 5.41) is 0. The van der Waals surface area contributed by atoms with Gasteiger partial charge in [-0.25, -0.2) is 0 Å². The van der Waals surface area contributed by atoms with E-state index in [1.54, 1.807) is 0 Å². The highest BCUT2D eigenvalue weighted by Crippen LogP contribution is 2.08. The van der Waals surface area contributed by atoms with Gasteiger partial charge in [0.25, 0.3) is 0 Å². The molecule has 0 aromatic rings. The summed E-state index contributed by atoms with van der Waals surface area (Å²) in [5.74, 6) is 0. The average molecular weight is 378 g/mol. The van der Waals surface area contributed by atoms with Gasteiger partial charge in [-0.1, -0.05) is 7.43 Å². The third-order valence-electron chi connectivity index (χ3n) is 3.47. The molecular weight excluding hydrogens is 344 g/mol. The monoisotopic (exact) mass is 376 g/mol. The fourth-order valence-corrected chi connectivity index (χ4v) is 2.03. The molecule has 0 saturated heterocycles. The summed E-state index contributed by atoms with van der Waals surface area (Å²) in [4.78, 5) is 0. The highest BCUT2D eigenvalue weighted by atomic mass is 79.9. The molecule has 17 heavy (non-hydrogen) atoms. The van der Waals surface area contributed by atoms with Crippen LogP contribution in [0.3, 0.4) is 0 Å². The Bertz CT molecular complexity index is 144. The van der Waals surface area contributed by atoms with E-state index in [0.29, 0.717) is 0 Å². The predicted octanol–water partition coefficient (Wildman–Crippen LogP) is -3.40. The number of hydrogen-bond donors (Lipinski definition) is 0. The maximum atomic E-state index is 2.32. The third-order valence-corrected chi connectivity index (χ3v) is 3.47. The van der Waals surface area contributed by atoms with Gasteiger partial charge < -0.3 is 42.9 Å². The van der Waals surface area contributed by atoms with Crippen LogP contribution in [0.25, 0.3) is 0 Å². The lowest BCUT2D eigenvalue weighted by molar-refractivity contribution is -0.929. The van der Waals surface area contributed by atoms with Crippen molar-refractivity contribution in [2.45, 2.75) is 34.6 Å². The maximum Gasteiger partial charge on any atom is 0.0840 e. The molecule has 0 atom stereocenters. The SMILES string of the molecule is C.CC[N+](CC)(CC)CCC[N+](C)(C)C.[Br-].[Br-]. The van der Waals surface area contributed by atoms with Crippen molar-refractivity contribution >= 4 is 0 Å². The standard InChI is InChI=1S/C12H30N2.CH4.2BrH/c1-7-14(8-2,9-3)12-10-11-13(4,5)6;;;/h7-12H2,1-6H3;1H4;2*1H/q+2;;;/p-2. The second-order valence-electron chi connectivity index (χ2n) is 5.38. The smallest absolute Gasteiger partial charge is 0.0840 e. The second-order valence-corrected chi connectivity index (χ2v) is 5.38. The molecule has 0 bridgehead atoms. The second kappa shape index (κ2) is 11.9. The van der Waals surface area contributed by atoms with Gasteiger partial charge in [-0.3, -0.25) is 0 Å². The number of nitrogens with zero attached hydrogens (tertiary/aromatic N) is 2. The Kier molecular flexibility index (Phi) is 18.6. The van der Waals surface area contributed by atoms with Crippen LogP contribution >= 0.6 is 0 Å². The number of quaternary nitrogens is 2. The minimum Gasteiger partial charge on any atom is -1.00 e. The van der Waals surface area contributed by atoms with Crippen LogP contribution in [0.5, 0.6) is 0 Å². The summed E-state index contributed by atoms with van der Waals surface area (Å²) in [6.07, 6.45) is 1.35. The molecule has 0 aliphatic heterocycles. The van der Waals surface area contributed by atoms with E-state index in [9.17, 15) is 0 Å². The van der Waals surface area contributed by atoms with Crippen molar-refractivity contribution < 1.29 is 42.9 Å². The fourth-order valence-electron chi connectivity index (χ4n) is 2.03. The fraction of sp³-hybridized carbons (Fsp3) is 1.00. The summed E-state index contributed by atoms with van der Waals surface area (Å²) < 4.78 is 2.39. The van der Waals surface area contributed by atoms with Crippen LogP contribution < -0.4 is 34.0 Å². The van der Waals surface area contributed by atoms with Gasteiger partial charge in [0.2, 0.25) is 0 Å². The predicted molar refractivity (Wildman–Crippen MR) is 71.0 cm³/mol. The molecule has 0 aromatic carbocycles. The lowest BCUT2D eigenvalue weighted by Crippen LogP contribution is -3.00. The first kappa shape index (κ1) is 26.4. The van der Waals surface area contributed by atoms with Crippen molar-refractivity contribution in [3.63, 3.8) is 0 Å². The van der Waals surface area contributed by atoms with E-state index in [1.807, 2.05) is 0 Å². The van der Waals surface area contributed by atoms with Crippen molar-refractivity contribution in [3.05, 3.63) is 0 Å². The zero-order valence-corrected chi connectivity index (χ0v) is 15.1. The lowest BCUT2D eigenvalue weighted by atomic mass is 10.2. The summed E-state index contributed by atoms with van der Waals surface area (Å²) in [6.45, 7) is 13.4. The molecule has 0 spiro atoms. The van der Waals surface area contributed by atoms with Crippen LogP contribution in [0.4, 0.5) is 0 Å². The molecule has 110 valence electrons. The molecule has 0 fully saturated rings. The number of halogens is 2. The highest BCUT2D eigenvalue weighted by Gasteiger charge is 2.21.